The first-order chi connectivity index (χ1) is 8.31. The van der Waals surface area contributed by atoms with Crippen LogP contribution in [0.15, 0.2) is 0 Å². The lowest BCUT2D eigenvalue weighted by molar-refractivity contribution is 0.378. The summed E-state index contributed by atoms with van der Waals surface area (Å²) < 4.78 is 2.56. The molecule has 96 valence electrons. The van der Waals surface area contributed by atoms with E-state index in [0.717, 1.165) is 13.0 Å². The van der Waals surface area contributed by atoms with Gasteiger partial charge in [0.15, 0.2) is 0 Å². The average Bonchev–Trinajstić information content (AvgIpc) is 2.69. The third kappa shape index (κ3) is 2.39. The second kappa shape index (κ2) is 5.67. The Morgan fingerprint density at radius 2 is 2.24 bits per heavy atom. The zero-order valence-corrected chi connectivity index (χ0v) is 11.4. The predicted octanol–water partition coefficient (Wildman–Crippen LogP) is 2.84. The molecule has 0 fully saturated rings. The molecule has 0 saturated carbocycles. The van der Waals surface area contributed by atoms with Gasteiger partial charge in [0.05, 0.1) is 5.69 Å². The van der Waals surface area contributed by atoms with E-state index >= 15 is 0 Å². The van der Waals surface area contributed by atoms with Crippen molar-refractivity contribution in [2.45, 2.75) is 65.0 Å². The van der Waals surface area contributed by atoms with Gasteiger partial charge in [-0.05, 0) is 39.2 Å². The Kier molecular flexibility index (Phi) is 4.21. The smallest absolute Gasteiger partial charge is 0.109 e. The van der Waals surface area contributed by atoms with Gasteiger partial charge < -0.3 is 9.88 Å². The van der Waals surface area contributed by atoms with Gasteiger partial charge in [0.1, 0.15) is 5.82 Å². The number of nitrogens with zero attached hydrogens (tertiary/aromatic N) is 2. The molecule has 0 bridgehead atoms. The van der Waals surface area contributed by atoms with Gasteiger partial charge in [-0.15, -0.1) is 0 Å². The van der Waals surface area contributed by atoms with Crippen LogP contribution in [0.25, 0.3) is 0 Å². The van der Waals surface area contributed by atoms with Crippen molar-refractivity contribution in [3.05, 3.63) is 17.2 Å². The second-order valence-electron chi connectivity index (χ2n) is 5.03. The average molecular weight is 235 g/mol. The zero-order chi connectivity index (χ0) is 12.3. The van der Waals surface area contributed by atoms with Gasteiger partial charge in [0.2, 0.25) is 0 Å². The van der Waals surface area contributed by atoms with Crippen LogP contribution in [0.3, 0.4) is 0 Å². The van der Waals surface area contributed by atoms with E-state index in [1.165, 1.54) is 49.3 Å². The van der Waals surface area contributed by atoms with Gasteiger partial charge in [-0.3, -0.25) is 0 Å². The predicted molar refractivity (Wildman–Crippen MR) is 71.3 cm³/mol. The Balaban J connectivity index is 2.39. The molecule has 0 aliphatic carbocycles. The highest BCUT2D eigenvalue weighted by Crippen LogP contribution is 2.31. The SMILES string of the molecule is CCCc1nc(CNC)c2n1C(CC)CCC2. The first-order valence-electron chi connectivity index (χ1n) is 7.05. The van der Waals surface area contributed by atoms with E-state index in [4.69, 9.17) is 4.98 Å². The van der Waals surface area contributed by atoms with E-state index in [1.807, 2.05) is 7.05 Å². The summed E-state index contributed by atoms with van der Waals surface area (Å²) in [4.78, 5) is 4.87. The van der Waals surface area contributed by atoms with Crippen molar-refractivity contribution in [2.24, 2.45) is 0 Å². The molecule has 0 saturated heterocycles. The third-order valence-electron chi connectivity index (χ3n) is 3.77. The van der Waals surface area contributed by atoms with Crippen LogP contribution in [0.5, 0.6) is 0 Å². The van der Waals surface area contributed by atoms with Crippen molar-refractivity contribution in [3.63, 3.8) is 0 Å². The number of hydrogen-bond acceptors (Lipinski definition) is 2. The fraction of sp³-hybridized carbons (Fsp3) is 0.786. The third-order valence-corrected chi connectivity index (χ3v) is 3.77. The molecule has 3 nitrogen and oxygen atoms in total. The monoisotopic (exact) mass is 235 g/mol. The standard InChI is InChI=1S/C14H25N3/c1-4-7-14-16-12(10-15-3)13-9-6-8-11(5-2)17(13)14/h11,15H,4-10H2,1-3H3. The normalized spacial score (nSPS) is 19.4. The van der Waals surface area contributed by atoms with Crippen LogP contribution >= 0.6 is 0 Å². The number of nitrogens with one attached hydrogen (secondary N) is 1. The molecule has 0 radical (unpaired) electrons. The highest BCUT2D eigenvalue weighted by Gasteiger charge is 2.24. The van der Waals surface area contributed by atoms with Crippen LogP contribution in [0.1, 0.15) is 62.8 Å². The molecule has 1 unspecified atom stereocenters. The van der Waals surface area contributed by atoms with Gasteiger partial charge in [-0.25, -0.2) is 4.98 Å². The summed E-state index contributed by atoms with van der Waals surface area (Å²) in [5, 5.41) is 3.25. The van der Waals surface area contributed by atoms with Crippen LogP contribution in [0.4, 0.5) is 0 Å². The summed E-state index contributed by atoms with van der Waals surface area (Å²) in [5.41, 5.74) is 2.79. The molecule has 1 N–H and O–H groups in total. The minimum Gasteiger partial charge on any atom is -0.329 e. The van der Waals surface area contributed by atoms with E-state index < -0.39 is 0 Å². The van der Waals surface area contributed by atoms with Gasteiger partial charge in [-0.2, -0.15) is 0 Å². The Morgan fingerprint density at radius 3 is 2.88 bits per heavy atom. The Morgan fingerprint density at radius 1 is 1.41 bits per heavy atom. The Hall–Kier alpha value is -0.830. The van der Waals surface area contributed by atoms with Crippen molar-refractivity contribution in [1.82, 2.24) is 14.9 Å². The number of aromatic nitrogens is 2. The molecule has 1 aliphatic heterocycles. The Labute approximate surface area is 105 Å². The van der Waals surface area contributed by atoms with Crippen molar-refractivity contribution in [3.8, 4) is 0 Å². The maximum absolute atomic E-state index is 4.87. The van der Waals surface area contributed by atoms with E-state index in [9.17, 15) is 0 Å². The first kappa shape index (κ1) is 12.6. The zero-order valence-electron chi connectivity index (χ0n) is 11.4. The highest BCUT2D eigenvalue weighted by atomic mass is 15.1. The lowest BCUT2D eigenvalue weighted by Gasteiger charge is -2.27. The molecule has 17 heavy (non-hydrogen) atoms. The highest BCUT2D eigenvalue weighted by molar-refractivity contribution is 5.21. The first-order valence-corrected chi connectivity index (χ1v) is 7.05. The lowest BCUT2D eigenvalue weighted by Crippen LogP contribution is -2.20. The largest absolute Gasteiger partial charge is 0.329 e. The Bertz CT molecular complexity index is 368. The van der Waals surface area contributed by atoms with Gasteiger partial charge in [0, 0.05) is 24.7 Å². The summed E-state index contributed by atoms with van der Waals surface area (Å²) in [6.45, 7) is 5.45. The minimum atomic E-state index is 0.693. The van der Waals surface area contributed by atoms with E-state index in [2.05, 4.69) is 23.7 Å². The van der Waals surface area contributed by atoms with E-state index in [0.29, 0.717) is 6.04 Å². The molecule has 1 aliphatic rings. The maximum Gasteiger partial charge on any atom is 0.109 e. The van der Waals surface area contributed by atoms with Gasteiger partial charge in [0.25, 0.3) is 0 Å². The molecular formula is C14H25N3. The van der Waals surface area contributed by atoms with Crippen LogP contribution in [0, 0.1) is 0 Å². The van der Waals surface area contributed by atoms with Crippen LogP contribution in [0.2, 0.25) is 0 Å². The van der Waals surface area contributed by atoms with E-state index in [1.54, 1.807) is 0 Å². The van der Waals surface area contributed by atoms with E-state index in [-0.39, 0.29) is 0 Å². The van der Waals surface area contributed by atoms with Crippen molar-refractivity contribution in [1.29, 1.82) is 0 Å². The summed E-state index contributed by atoms with van der Waals surface area (Å²) in [6.07, 6.45) is 7.41. The van der Waals surface area contributed by atoms with Crippen LogP contribution in [-0.2, 0) is 19.4 Å². The molecule has 0 aromatic carbocycles. The maximum atomic E-state index is 4.87. The molecule has 1 atom stereocenters. The summed E-state index contributed by atoms with van der Waals surface area (Å²) >= 11 is 0. The molecule has 2 heterocycles. The van der Waals surface area contributed by atoms with Crippen LogP contribution in [-0.4, -0.2) is 16.6 Å². The van der Waals surface area contributed by atoms with Gasteiger partial charge in [-0.1, -0.05) is 13.8 Å². The lowest BCUT2D eigenvalue weighted by atomic mass is 9.99. The fourth-order valence-electron chi connectivity index (χ4n) is 2.99. The fourth-order valence-corrected chi connectivity index (χ4v) is 2.99. The summed E-state index contributed by atoms with van der Waals surface area (Å²) in [6, 6.07) is 0.693. The molecular weight excluding hydrogens is 210 g/mol. The number of imidazole rings is 1. The molecule has 0 spiro atoms. The number of fused-ring (bicyclic) bond motifs is 1. The topological polar surface area (TPSA) is 29.9 Å². The quantitative estimate of drug-likeness (QED) is 0.850. The summed E-state index contributed by atoms with van der Waals surface area (Å²) in [7, 11) is 2.01. The molecule has 3 heteroatoms. The molecule has 0 amide bonds. The van der Waals surface area contributed by atoms with Crippen molar-refractivity contribution >= 4 is 0 Å². The molecule has 1 aromatic rings. The summed E-state index contributed by atoms with van der Waals surface area (Å²) in [5.74, 6) is 1.32. The number of aryl methyl sites for hydroxylation is 1. The number of hydrogen-bond donors (Lipinski definition) is 1. The second-order valence-corrected chi connectivity index (χ2v) is 5.03. The molecule has 1 aromatic heterocycles. The van der Waals surface area contributed by atoms with Crippen LogP contribution < -0.4 is 5.32 Å². The van der Waals surface area contributed by atoms with Crippen molar-refractivity contribution < 1.29 is 0 Å². The van der Waals surface area contributed by atoms with Crippen molar-refractivity contribution in [2.75, 3.05) is 7.05 Å². The molecule has 2 rings (SSSR count). The number of rotatable bonds is 5. The minimum absolute atomic E-state index is 0.693. The van der Waals surface area contributed by atoms with Gasteiger partial charge >= 0.3 is 0 Å².